The maximum Gasteiger partial charge on any atom is 0.230 e. The van der Waals surface area contributed by atoms with E-state index < -0.39 is 0 Å². The van der Waals surface area contributed by atoms with Crippen LogP contribution in [0.3, 0.4) is 0 Å². The third-order valence-electron chi connectivity index (χ3n) is 4.75. The zero-order valence-electron chi connectivity index (χ0n) is 10.5. The van der Waals surface area contributed by atoms with Crippen LogP contribution in [0.5, 0.6) is 0 Å². The van der Waals surface area contributed by atoms with Crippen LogP contribution in [-0.4, -0.2) is 19.0 Å². The lowest BCUT2D eigenvalue weighted by atomic mass is 9.82. The highest BCUT2D eigenvalue weighted by Crippen LogP contribution is 2.49. The van der Waals surface area contributed by atoms with Crippen LogP contribution in [0.25, 0.3) is 0 Å². The van der Waals surface area contributed by atoms with Gasteiger partial charge < -0.3 is 10.2 Å². The lowest BCUT2D eigenvalue weighted by Crippen LogP contribution is -2.43. The maximum atomic E-state index is 12.6. The summed E-state index contributed by atoms with van der Waals surface area (Å²) in [6.07, 6.45) is 3.47. The number of carbonyl (C=O) groups excluding carboxylic acids is 1. The van der Waals surface area contributed by atoms with Gasteiger partial charge in [0.15, 0.2) is 0 Å². The first-order valence-electron chi connectivity index (χ1n) is 7.00. The number of para-hydroxylation sites is 1. The summed E-state index contributed by atoms with van der Waals surface area (Å²) in [5, 5.41) is 3.42. The molecule has 2 heterocycles. The Balaban J connectivity index is 1.94. The molecule has 3 aliphatic rings. The average molecular weight is 242 g/mol. The molecule has 1 fully saturated rings. The number of rotatable bonds is 0. The third kappa shape index (κ3) is 1.31. The van der Waals surface area contributed by atoms with E-state index in [0.717, 1.165) is 26.1 Å². The first-order valence-corrected chi connectivity index (χ1v) is 7.00. The van der Waals surface area contributed by atoms with Gasteiger partial charge in [-0.25, -0.2) is 0 Å². The van der Waals surface area contributed by atoms with Crippen molar-refractivity contribution >= 4 is 11.6 Å². The third-order valence-corrected chi connectivity index (χ3v) is 4.75. The molecule has 1 saturated carbocycles. The Bertz CT molecular complexity index is 511. The van der Waals surface area contributed by atoms with Gasteiger partial charge in [-0.05, 0) is 29.9 Å². The minimum atomic E-state index is 0.255. The van der Waals surface area contributed by atoms with E-state index in [9.17, 15) is 4.79 Å². The van der Waals surface area contributed by atoms with Crippen LogP contribution in [0.1, 0.15) is 36.3 Å². The van der Waals surface area contributed by atoms with Gasteiger partial charge in [-0.1, -0.05) is 24.6 Å². The Morgan fingerprint density at radius 2 is 2.11 bits per heavy atom. The molecule has 1 aromatic carbocycles. The smallest absolute Gasteiger partial charge is 0.230 e. The fourth-order valence-corrected chi connectivity index (χ4v) is 3.96. The van der Waals surface area contributed by atoms with Crippen molar-refractivity contribution in [2.75, 3.05) is 18.0 Å². The van der Waals surface area contributed by atoms with E-state index in [1.165, 1.54) is 29.7 Å². The molecule has 0 saturated heterocycles. The van der Waals surface area contributed by atoms with Gasteiger partial charge in [0.25, 0.3) is 0 Å². The Morgan fingerprint density at radius 3 is 3.06 bits per heavy atom. The largest absolute Gasteiger partial charge is 0.311 e. The monoisotopic (exact) mass is 242 g/mol. The average Bonchev–Trinajstić information content (AvgIpc) is 2.78. The Morgan fingerprint density at radius 1 is 1.22 bits per heavy atom. The van der Waals surface area contributed by atoms with Gasteiger partial charge in [0, 0.05) is 25.6 Å². The van der Waals surface area contributed by atoms with Crippen molar-refractivity contribution in [1.82, 2.24) is 5.32 Å². The van der Waals surface area contributed by atoms with Crippen LogP contribution in [0.15, 0.2) is 18.2 Å². The quantitative estimate of drug-likeness (QED) is 0.755. The number of anilines is 1. The van der Waals surface area contributed by atoms with E-state index in [2.05, 4.69) is 28.4 Å². The summed E-state index contributed by atoms with van der Waals surface area (Å²) in [4.78, 5) is 14.7. The molecule has 0 aromatic heterocycles. The number of carbonyl (C=O) groups is 1. The summed E-state index contributed by atoms with van der Waals surface area (Å²) in [6.45, 7) is 2.62. The van der Waals surface area contributed by atoms with E-state index >= 15 is 0 Å². The molecule has 1 aliphatic carbocycles. The molecule has 3 nitrogen and oxygen atoms in total. The van der Waals surface area contributed by atoms with E-state index in [-0.39, 0.29) is 5.92 Å². The molecule has 0 spiro atoms. The fourth-order valence-electron chi connectivity index (χ4n) is 3.96. The van der Waals surface area contributed by atoms with Crippen molar-refractivity contribution in [2.24, 2.45) is 5.92 Å². The van der Waals surface area contributed by atoms with Crippen molar-refractivity contribution in [3.8, 4) is 0 Å². The molecule has 1 amide bonds. The fraction of sp³-hybridized carbons (Fsp3) is 0.533. The number of amides is 1. The van der Waals surface area contributed by atoms with E-state index in [1.807, 2.05) is 0 Å². The summed E-state index contributed by atoms with van der Waals surface area (Å²) < 4.78 is 0. The topological polar surface area (TPSA) is 32.3 Å². The van der Waals surface area contributed by atoms with Crippen molar-refractivity contribution in [3.63, 3.8) is 0 Å². The van der Waals surface area contributed by atoms with Crippen molar-refractivity contribution in [3.05, 3.63) is 29.3 Å². The first-order chi connectivity index (χ1) is 8.86. The number of nitrogens with zero attached hydrogens (tertiary/aromatic N) is 1. The molecule has 0 unspecified atom stereocenters. The van der Waals surface area contributed by atoms with E-state index in [1.54, 1.807) is 0 Å². The van der Waals surface area contributed by atoms with Crippen molar-refractivity contribution < 1.29 is 4.79 Å². The molecular formula is C15H18N2O. The molecule has 2 atom stereocenters. The predicted molar refractivity (Wildman–Crippen MR) is 70.6 cm³/mol. The molecule has 18 heavy (non-hydrogen) atoms. The van der Waals surface area contributed by atoms with E-state index in [0.29, 0.717) is 11.8 Å². The minimum absolute atomic E-state index is 0.255. The van der Waals surface area contributed by atoms with Gasteiger partial charge in [-0.3, -0.25) is 4.79 Å². The standard InChI is InChI=1S/C15H18N2O/c18-15-13-6-2-4-11(13)12-5-1-3-10-9-16-7-8-17(15)14(10)12/h1,3,5,11,13,16H,2,4,6-9H2/t11-,13-/m1/s1. The summed E-state index contributed by atoms with van der Waals surface area (Å²) >= 11 is 0. The molecular weight excluding hydrogens is 224 g/mol. The molecule has 0 radical (unpaired) electrons. The summed E-state index contributed by atoms with van der Waals surface area (Å²) in [5.74, 6) is 1.12. The zero-order chi connectivity index (χ0) is 12.1. The van der Waals surface area contributed by atoms with Gasteiger partial charge in [0.2, 0.25) is 5.91 Å². The number of nitrogens with one attached hydrogen (secondary N) is 1. The van der Waals surface area contributed by atoms with Crippen LogP contribution in [0.4, 0.5) is 5.69 Å². The van der Waals surface area contributed by atoms with Gasteiger partial charge in [0.1, 0.15) is 0 Å². The second kappa shape index (κ2) is 3.82. The highest BCUT2D eigenvalue weighted by atomic mass is 16.2. The summed E-state index contributed by atoms with van der Waals surface area (Å²) in [6, 6.07) is 6.56. The van der Waals surface area contributed by atoms with Crippen LogP contribution in [-0.2, 0) is 11.3 Å². The van der Waals surface area contributed by atoms with Crippen molar-refractivity contribution in [1.29, 1.82) is 0 Å². The Labute approximate surface area is 107 Å². The lowest BCUT2D eigenvalue weighted by molar-refractivity contribution is -0.123. The van der Waals surface area contributed by atoms with Gasteiger partial charge in [-0.15, -0.1) is 0 Å². The first kappa shape index (κ1) is 10.6. The van der Waals surface area contributed by atoms with Gasteiger partial charge >= 0.3 is 0 Å². The van der Waals surface area contributed by atoms with Gasteiger partial charge in [0.05, 0.1) is 5.69 Å². The van der Waals surface area contributed by atoms with Crippen LogP contribution >= 0.6 is 0 Å². The molecule has 4 rings (SSSR count). The predicted octanol–water partition coefficient (Wildman–Crippen LogP) is 2.02. The number of hydrogen-bond acceptors (Lipinski definition) is 2. The van der Waals surface area contributed by atoms with Crippen LogP contribution in [0.2, 0.25) is 0 Å². The van der Waals surface area contributed by atoms with Crippen LogP contribution in [0, 0.1) is 5.92 Å². The Hall–Kier alpha value is -1.35. The molecule has 2 aliphatic heterocycles. The highest BCUT2D eigenvalue weighted by Gasteiger charge is 2.43. The summed E-state index contributed by atoms with van der Waals surface area (Å²) in [7, 11) is 0. The molecule has 0 bridgehead atoms. The maximum absolute atomic E-state index is 12.6. The van der Waals surface area contributed by atoms with Crippen molar-refractivity contribution in [2.45, 2.75) is 31.7 Å². The molecule has 94 valence electrons. The second-order valence-corrected chi connectivity index (χ2v) is 5.67. The SMILES string of the molecule is O=C1[C@@H]2CCC[C@@H]2c2cccc3c2N1CCNC3. The number of hydrogen-bond donors (Lipinski definition) is 1. The van der Waals surface area contributed by atoms with Gasteiger partial charge in [-0.2, -0.15) is 0 Å². The highest BCUT2D eigenvalue weighted by molar-refractivity contribution is 6.00. The summed E-state index contributed by atoms with van der Waals surface area (Å²) in [5.41, 5.74) is 3.96. The lowest BCUT2D eigenvalue weighted by Gasteiger charge is -2.36. The van der Waals surface area contributed by atoms with E-state index in [4.69, 9.17) is 0 Å². The number of fused-ring (bicyclic) bond motifs is 2. The second-order valence-electron chi connectivity index (χ2n) is 5.67. The minimum Gasteiger partial charge on any atom is -0.311 e. The number of benzene rings is 1. The normalized spacial score (nSPS) is 29.8. The molecule has 1 aromatic rings. The molecule has 1 N–H and O–H groups in total. The molecule has 3 heteroatoms. The zero-order valence-corrected chi connectivity index (χ0v) is 10.5. The Kier molecular flexibility index (Phi) is 2.24. The van der Waals surface area contributed by atoms with Crippen LogP contribution < -0.4 is 10.2 Å².